The number of hydrogen-bond donors (Lipinski definition) is 2. The SMILES string of the molecule is O=C(O)c1occ2c1SC1(CC1)CN2. The minimum absolute atomic E-state index is 0.0727. The number of hydrogen-bond acceptors (Lipinski definition) is 4. The van der Waals surface area contributed by atoms with E-state index in [1.165, 1.54) is 6.26 Å². The van der Waals surface area contributed by atoms with Crippen LogP contribution in [0.25, 0.3) is 0 Å². The van der Waals surface area contributed by atoms with Crippen LogP contribution in [0.2, 0.25) is 0 Å². The standard InChI is InChI=1S/C9H9NO3S/c11-8(12)6-7-5(3-13-6)10-4-9(14-7)1-2-9/h3,10H,1-2,4H2,(H,11,12). The summed E-state index contributed by atoms with van der Waals surface area (Å²) in [7, 11) is 0. The summed E-state index contributed by atoms with van der Waals surface area (Å²) in [6, 6.07) is 0. The van der Waals surface area contributed by atoms with E-state index in [2.05, 4.69) is 5.32 Å². The van der Waals surface area contributed by atoms with E-state index >= 15 is 0 Å². The predicted octanol–water partition coefficient (Wildman–Crippen LogP) is 2.03. The molecule has 0 bridgehead atoms. The summed E-state index contributed by atoms with van der Waals surface area (Å²) in [5.41, 5.74) is 0.824. The average molecular weight is 211 g/mol. The van der Waals surface area contributed by atoms with Crippen molar-refractivity contribution in [2.45, 2.75) is 22.5 Å². The number of thioether (sulfide) groups is 1. The summed E-state index contributed by atoms with van der Waals surface area (Å²) in [4.78, 5) is 11.6. The molecule has 1 fully saturated rings. The Kier molecular flexibility index (Phi) is 1.45. The maximum Gasteiger partial charge on any atom is 0.373 e. The summed E-state index contributed by atoms with van der Waals surface area (Å²) in [5, 5.41) is 12.1. The minimum Gasteiger partial charge on any atom is -0.475 e. The lowest BCUT2D eigenvalue weighted by Crippen LogP contribution is -2.22. The molecule has 0 radical (unpaired) electrons. The van der Waals surface area contributed by atoms with Gasteiger partial charge in [-0.25, -0.2) is 4.79 Å². The van der Waals surface area contributed by atoms with Gasteiger partial charge in [-0.3, -0.25) is 0 Å². The molecule has 1 aliphatic carbocycles. The molecule has 74 valence electrons. The van der Waals surface area contributed by atoms with Crippen LogP contribution in [0.1, 0.15) is 23.4 Å². The number of carboxylic acid groups (broad SMARTS) is 1. The smallest absolute Gasteiger partial charge is 0.373 e. The van der Waals surface area contributed by atoms with Crippen LogP contribution in [0.4, 0.5) is 5.69 Å². The van der Waals surface area contributed by atoms with Gasteiger partial charge in [-0.15, -0.1) is 11.8 Å². The predicted molar refractivity (Wildman–Crippen MR) is 52.0 cm³/mol. The second-order valence-corrected chi connectivity index (χ2v) is 5.23. The molecule has 4 nitrogen and oxygen atoms in total. The fourth-order valence-corrected chi connectivity index (χ4v) is 2.99. The molecular formula is C9H9NO3S. The molecule has 5 heteroatoms. The van der Waals surface area contributed by atoms with Crippen LogP contribution in [0.5, 0.6) is 0 Å². The highest BCUT2D eigenvalue weighted by molar-refractivity contribution is 8.01. The lowest BCUT2D eigenvalue weighted by molar-refractivity contribution is 0.0657. The van der Waals surface area contributed by atoms with Crippen LogP contribution in [0, 0.1) is 0 Å². The molecule has 0 unspecified atom stereocenters. The molecule has 2 heterocycles. The van der Waals surface area contributed by atoms with E-state index in [9.17, 15) is 4.79 Å². The maximum absolute atomic E-state index is 10.8. The van der Waals surface area contributed by atoms with Gasteiger partial charge in [0.05, 0.1) is 10.6 Å². The Morgan fingerprint density at radius 1 is 1.64 bits per heavy atom. The molecule has 0 amide bonds. The van der Waals surface area contributed by atoms with E-state index in [4.69, 9.17) is 9.52 Å². The number of anilines is 1. The number of nitrogens with one attached hydrogen (secondary N) is 1. The third kappa shape index (κ3) is 1.05. The van der Waals surface area contributed by atoms with Crippen molar-refractivity contribution >= 4 is 23.4 Å². The summed E-state index contributed by atoms with van der Waals surface area (Å²) < 4.78 is 5.27. The van der Waals surface area contributed by atoms with Gasteiger partial charge in [-0.05, 0) is 12.8 Å². The third-order valence-electron chi connectivity index (χ3n) is 2.67. The molecular weight excluding hydrogens is 202 g/mol. The van der Waals surface area contributed by atoms with Crippen LogP contribution >= 0.6 is 11.8 Å². The van der Waals surface area contributed by atoms with E-state index < -0.39 is 5.97 Å². The fraction of sp³-hybridized carbons (Fsp3) is 0.444. The summed E-state index contributed by atoms with van der Waals surface area (Å²) in [5.74, 6) is -0.915. The Bertz CT molecular complexity index is 408. The molecule has 1 spiro atoms. The van der Waals surface area contributed by atoms with Crippen molar-refractivity contribution in [3.63, 3.8) is 0 Å². The molecule has 1 aromatic rings. The van der Waals surface area contributed by atoms with Gasteiger partial charge in [0.1, 0.15) is 6.26 Å². The normalized spacial score (nSPS) is 21.4. The Morgan fingerprint density at radius 3 is 3.07 bits per heavy atom. The van der Waals surface area contributed by atoms with Gasteiger partial charge < -0.3 is 14.8 Å². The first-order valence-corrected chi connectivity index (χ1v) is 5.30. The molecule has 2 N–H and O–H groups in total. The molecule has 3 rings (SSSR count). The Hall–Kier alpha value is -1.10. The maximum atomic E-state index is 10.8. The van der Waals surface area contributed by atoms with Crippen molar-refractivity contribution in [2.24, 2.45) is 0 Å². The summed E-state index contributed by atoms with van der Waals surface area (Å²) in [6.07, 6.45) is 3.81. The molecule has 1 saturated carbocycles. The van der Waals surface area contributed by atoms with Gasteiger partial charge in [-0.2, -0.15) is 0 Å². The van der Waals surface area contributed by atoms with Crippen molar-refractivity contribution in [3.05, 3.63) is 12.0 Å². The van der Waals surface area contributed by atoms with Crippen molar-refractivity contribution in [1.29, 1.82) is 0 Å². The van der Waals surface area contributed by atoms with Gasteiger partial charge in [0.25, 0.3) is 0 Å². The van der Waals surface area contributed by atoms with Crippen molar-refractivity contribution in [2.75, 3.05) is 11.9 Å². The first kappa shape index (κ1) is 8.23. The number of furan rings is 1. The van der Waals surface area contributed by atoms with Crippen LogP contribution < -0.4 is 5.32 Å². The van der Waals surface area contributed by atoms with Crippen LogP contribution in [-0.4, -0.2) is 22.4 Å². The number of fused-ring (bicyclic) bond motifs is 1. The van der Waals surface area contributed by atoms with E-state index in [0.29, 0.717) is 0 Å². The van der Waals surface area contributed by atoms with E-state index in [1.807, 2.05) is 0 Å². The van der Waals surface area contributed by atoms with Crippen LogP contribution in [-0.2, 0) is 0 Å². The molecule has 0 saturated heterocycles. The fourth-order valence-electron chi connectivity index (χ4n) is 1.65. The number of carboxylic acids is 1. The summed E-state index contributed by atoms with van der Waals surface area (Å²) >= 11 is 1.65. The van der Waals surface area contributed by atoms with Gasteiger partial charge >= 0.3 is 5.97 Å². The van der Waals surface area contributed by atoms with Crippen molar-refractivity contribution < 1.29 is 14.3 Å². The lowest BCUT2D eigenvalue weighted by atomic mass is 10.3. The molecule has 0 atom stereocenters. The zero-order valence-corrected chi connectivity index (χ0v) is 8.19. The molecule has 1 aromatic heterocycles. The van der Waals surface area contributed by atoms with E-state index in [1.54, 1.807) is 11.8 Å². The Balaban J connectivity index is 2.03. The second kappa shape index (κ2) is 2.48. The third-order valence-corrected chi connectivity index (χ3v) is 4.26. The molecule has 2 aliphatic rings. The van der Waals surface area contributed by atoms with Crippen LogP contribution in [0.3, 0.4) is 0 Å². The first-order chi connectivity index (χ1) is 6.70. The highest BCUT2D eigenvalue weighted by Gasteiger charge is 2.47. The Morgan fingerprint density at radius 2 is 2.43 bits per heavy atom. The quantitative estimate of drug-likeness (QED) is 0.744. The highest BCUT2D eigenvalue weighted by atomic mass is 32.2. The zero-order chi connectivity index (χ0) is 9.76. The van der Waals surface area contributed by atoms with Crippen LogP contribution in [0.15, 0.2) is 15.6 Å². The second-order valence-electron chi connectivity index (χ2n) is 3.75. The first-order valence-electron chi connectivity index (χ1n) is 4.48. The topological polar surface area (TPSA) is 62.5 Å². The number of carbonyl (C=O) groups is 1. The number of rotatable bonds is 1. The number of aromatic carboxylic acids is 1. The monoisotopic (exact) mass is 211 g/mol. The molecule has 14 heavy (non-hydrogen) atoms. The van der Waals surface area contributed by atoms with Gasteiger partial charge in [0.15, 0.2) is 0 Å². The average Bonchev–Trinajstić information content (AvgIpc) is 2.77. The van der Waals surface area contributed by atoms with E-state index in [0.717, 1.165) is 30.0 Å². The summed E-state index contributed by atoms with van der Waals surface area (Å²) in [6.45, 7) is 0.920. The Labute approximate surface area is 84.7 Å². The molecule has 0 aromatic carbocycles. The van der Waals surface area contributed by atoms with Gasteiger partial charge in [0, 0.05) is 11.3 Å². The highest BCUT2D eigenvalue weighted by Crippen LogP contribution is 2.56. The zero-order valence-electron chi connectivity index (χ0n) is 7.37. The van der Waals surface area contributed by atoms with Gasteiger partial charge in [0.2, 0.25) is 5.76 Å². The minimum atomic E-state index is -0.988. The van der Waals surface area contributed by atoms with Crippen molar-refractivity contribution in [1.82, 2.24) is 0 Å². The van der Waals surface area contributed by atoms with Gasteiger partial charge in [-0.1, -0.05) is 0 Å². The van der Waals surface area contributed by atoms with Crippen molar-refractivity contribution in [3.8, 4) is 0 Å². The largest absolute Gasteiger partial charge is 0.475 e. The molecule has 1 aliphatic heterocycles. The lowest BCUT2D eigenvalue weighted by Gasteiger charge is -2.21. The van der Waals surface area contributed by atoms with E-state index in [-0.39, 0.29) is 10.5 Å².